The van der Waals surface area contributed by atoms with E-state index in [4.69, 9.17) is 77.8 Å². The molecule has 0 aliphatic carbocycles. The fraction of sp³-hybridized carbons (Fsp3) is 0.375. The van der Waals surface area contributed by atoms with Crippen molar-refractivity contribution >= 4 is 173 Å². The first-order valence-corrected chi connectivity index (χ1v) is 54.7. The van der Waals surface area contributed by atoms with Crippen molar-refractivity contribution in [2.45, 2.75) is 261 Å². The molecule has 5 heterocycles. The molecule has 0 saturated carbocycles. The number of rotatable bonds is 48. The molecule has 0 spiro atoms. The van der Waals surface area contributed by atoms with Gasteiger partial charge in [-0.1, -0.05) is 258 Å². The van der Waals surface area contributed by atoms with Crippen molar-refractivity contribution in [1.82, 2.24) is 39.9 Å². The normalized spacial score (nSPS) is 12.1. The number of nitrogens with zero attached hydrogens (tertiary/aromatic N) is 8. The number of aromatic nitrogens is 8. The van der Waals surface area contributed by atoms with Crippen molar-refractivity contribution in [3.05, 3.63) is 194 Å². The summed E-state index contributed by atoms with van der Waals surface area (Å²) >= 11 is 0. The molecule has 3 aromatic heterocycles. The Labute approximate surface area is 864 Å². The second-order valence-electron chi connectivity index (χ2n) is 40.2. The van der Waals surface area contributed by atoms with Gasteiger partial charge in [0.15, 0.2) is 0 Å². The average molecular weight is 1980 g/mol. The molecule has 21 rings (SSSR count). The molecule has 0 atom stereocenters. The SMILES string of the molecule is CCCCCCOc1ccc2c(c1)c1cc(OCCCCCC)ccc1c1cc3c(cc21)-c1nc-3nc2[n-]c(nc3nc(nc4[n-]c(n1)c1cc5c6ccc(OCCCCCC)cc6c6cc(OCCCCCC)ccc6c5cc41)-c1cc4c5ccc(OCCCCCC)cc5c5cc(OCCCCCC)ccc5c4cc1-3)c1cc3c4ccc(OCCCCCC)cc4c4cc(OCCCCCC)ccc4c3cc21.[Zn+2]. The Balaban J connectivity index is 0.0000128. The van der Waals surface area contributed by atoms with Crippen LogP contribution in [-0.2, 0) is 19.5 Å². The largest absolute Gasteiger partial charge is 2.00 e. The smallest absolute Gasteiger partial charge is 0.494 e. The van der Waals surface area contributed by atoms with Gasteiger partial charge in [-0.25, -0.2) is 9.97 Å². The third-order valence-corrected chi connectivity index (χ3v) is 29.8. The Hall–Kier alpha value is -13.0. The molecule has 0 unspecified atom stereocenters. The van der Waals surface area contributed by atoms with E-state index in [0.717, 1.165) is 373 Å². The first-order valence-electron chi connectivity index (χ1n) is 54.7. The van der Waals surface area contributed by atoms with E-state index in [1.807, 2.05) is 0 Å². The van der Waals surface area contributed by atoms with Crippen molar-refractivity contribution in [1.29, 1.82) is 0 Å². The van der Waals surface area contributed by atoms with E-state index in [1.165, 1.54) is 51.4 Å². The number of hydrogen-bond acceptors (Lipinski definition) is 14. The molecule has 0 saturated heterocycles. The van der Waals surface area contributed by atoms with Crippen LogP contribution in [0.3, 0.4) is 0 Å². The molecular weight excluding hydrogens is 1840 g/mol. The predicted octanol–water partition coefficient (Wildman–Crippen LogP) is 35.6. The van der Waals surface area contributed by atoms with Gasteiger partial charge in [-0.15, -0.1) is 0 Å². The number of ether oxygens (including phenoxy) is 8. The Kier molecular flexibility index (Phi) is 31.6. The van der Waals surface area contributed by atoms with Gasteiger partial charge in [0.1, 0.15) is 46.0 Å². The summed E-state index contributed by atoms with van der Waals surface area (Å²) in [4.78, 5) is 47.1. The van der Waals surface area contributed by atoms with Crippen LogP contribution in [0.2, 0.25) is 0 Å². The van der Waals surface area contributed by atoms with Gasteiger partial charge in [0.2, 0.25) is 0 Å². The minimum absolute atomic E-state index is 0. The average Bonchev–Trinajstić information content (AvgIpc) is 1.62. The second-order valence-corrected chi connectivity index (χ2v) is 40.2. The first kappa shape index (κ1) is 99.4. The third kappa shape index (κ3) is 20.9. The minimum Gasteiger partial charge on any atom is -0.494 e. The van der Waals surface area contributed by atoms with Crippen molar-refractivity contribution in [3.63, 3.8) is 0 Å². The van der Waals surface area contributed by atoms with Gasteiger partial charge in [-0.05, 0) is 348 Å². The van der Waals surface area contributed by atoms with E-state index in [2.05, 4.69) is 250 Å². The second kappa shape index (κ2) is 46.2. The summed E-state index contributed by atoms with van der Waals surface area (Å²) in [6.07, 6.45) is 35.3. The topological polar surface area (TPSA) is 179 Å². The summed E-state index contributed by atoms with van der Waals surface area (Å²) in [5.41, 5.74) is 4.94. The summed E-state index contributed by atoms with van der Waals surface area (Å²) in [5.74, 6) is 8.41. The number of fused-ring (bicyclic) bond motifs is 44. The van der Waals surface area contributed by atoms with Gasteiger partial charge in [-0.3, -0.25) is 0 Å². The molecule has 2 aliphatic rings. The van der Waals surface area contributed by atoms with Crippen LogP contribution in [0.1, 0.15) is 261 Å². The maximum Gasteiger partial charge on any atom is 2.00 e. The molecule has 0 fully saturated rings. The van der Waals surface area contributed by atoms with Crippen LogP contribution in [0.5, 0.6) is 46.0 Å². The number of hydrogen-bond donors (Lipinski definition) is 0. The van der Waals surface area contributed by atoms with Crippen LogP contribution in [0, 0.1) is 0 Å². The zero-order chi connectivity index (χ0) is 97.9. The van der Waals surface area contributed by atoms with Gasteiger partial charge in [0.05, 0.1) is 76.2 Å². The molecule has 17 heteroatoms. The van der Waals surface area contributed by atoms with E-state index in [1.54, 1.807) is 0 Å². The Bertz CT molecular complexity index is 7270. The monoisotopic (exact) mass is 1980 g/mol. The van der Waals surface area contributed by atoms with Crippen molar-refractivity contribution in [2.24, 2.45) is 0 Å². The molecule has 19 aromatic rings. The zero-order valence-electron chi connectivity index (χ0n) is 86.3. The maximum atomic E-state index is 6.70. The first-order chi connectivity index (χ1) is 71.1. The maximum absolute atomic E-state index is 6.70. The van der Waals surface area contributed by atoms with Crippen LogP contribution in [0.25, 0.3) is 219 Å². The van der Waals surface area contributed by atoms with E-state index in [-0.39, 0.29) is 19.5 Å². The van der Waals surface area contributed by atoms with Crippen molar-refractivity contribution < 1.29 is 57.4 Å². The van der Waals surface area contributed by atoms with Gasteiger partial charge in [0, 0.05) is 44.8 Å². The van der Waals surface area contributed by atoms with Crippen LogP contribution < -0.4 is 47.9 Å². The van der Waals surface area contributed by atoms with Crippen LogP contribution in [0.15, 0.2) is 194 Å². The quantitative estimate of drug-likeness (QED) is 0.0199. The van der Waals surface area contributed by atoms with Crippen LogP contribution in [-0.4, -0.2) is 82.8 Å². The summed E-state index contributed by atoms with van der Waals surface area (Å²) in [7, 11) is 0. The molecule has 16 aromatic carbocycles. The van der Waals surface area contributed by atoms with Crippen LogP contribution >= 0.6 is 0 Å². The molecule has 0 radical (unpaired) electrons. The molecule has 16 nitrogen and oxygen atoms in total. The third-order valence-electron chi connectivity index (χ3n) is 29.8. The summed E-state index contributed by atoms with van der Waals surface area (Å²) in [6.45, 7) is 23.0. The van der Waals surface area contributed by atoms with Gasteiger partial charge in [0.25, 0.3) is 0 Å². The minimum atomic E-state index is 0. The zero-order valence-corrected chi connectivity index (χ0v) is 89.3. The molecule has 8 bridgehead atoms. The molecular formula is C128H136N8O8Zn. The fourth-order valence-corrected chi connectivity index (χ4v) is 21.9. The molecule has 0 amide bonds. The van der Waals surface area contributed by atoms with Crippen molar-refractivity contribution in [2.75, 3.05) is 52.9 Å². The van der Waals surface area contributed by atoms with Crippen LogP contribution in [0.4, 0.5) is 0 Å². The fourth-order valence-electron chi connectivity index (χ4n) is 21.9. The molecule has 738 valence electrons. The van der Waals surface area contributed by atoms with Gasteiger partial charge < -0.3 is 67.8 Å². The summed E-state index contributed by atoms with van der Waals surface area (Å²) in [5, 5.41) is 28.3. The Morgan fingerprint density at radius 1 is 0.152 bits per heavy atom. The van der Waals surface area contributed by atoms with E-state index in [0.29, 0.717) is 98.7 Å². The van der Waals surface area contributed by atoms with Crippen molar-refractivity contribution in [3.8, 4) is 91.5 Å². The Morgan fingerprint density at radius 3 is 0.448 bits per heavy atom. The number of unbranched alkanes of at least 4 members (excludes halogenated alkanes) is 24. The standard InChI is InChI=1S/C128H136N8O8.Zn/c1-9-17-25-33-57-137-81-41-49-89-97(65-81)98-66-82(138-58-34-26-18-10-2)42-50-90(98)106-74-114-113(73-105(89)106)121-129-122(114)134-124-117-77-109-93-53-45-85(141-61-37-29-21-13-5)69-101(93)102-70-86(142-62-38-30-22-14-6)46-54-94(102)110(109)78-118(117)126(131-124)136-128-120-80-112-96-56-48-88(144-64-40-32-24-16-8)72-104(96)103-71-87(143-63-39-31-23-15-7)47-55-95(103)111(112)79-119(120)127(132-128)135-125-116-76-108-92-52-44-84(140-60-36-28-20-12-4)68-100(92)99-67-83(139-59-35-27-19-11-3)43-51-91(99)107(108)75-115(116)123(130-125)133-121;/h41-56,65-80H,9-40,57-64H2,1-8H3;/q-2;+2. The van der Waals surface area contributed by atoms with E-state index in [9.17, 15) is 0 Å². The summed E-state index contributed by atoms with van der Waals surface area (Å²) < 4.78 is 53.6. The van der Waals surface area contributed by atoms with Gasteiger partial charge >= 0.3 is 19.5 Å². The molecule has 145 heavy (non-hydrogen) atoms. The summed E-state index contributed by atoms with van der Waals surface area (Å²) in [6, 6.07) is 71.3. The van der Waals surface area contributed by atoms with E-state index >= 15 is 0 Å². The molecule has 0 N–H and O–H groups in total. The van der Waals surface area contributed by atoms with E-state index < -0.39 is 0 Å². The number of benzene rings is 16. The van der Waals surface area contributed by atoms with Gasteiger partial charge in [-0.2, -0.15) is 0 Å². The molecule has 2 aliphatic heterocycles. The predicted molar refractivity (Wildman–Crippen MR) is 601 cm³/mol. The Morgan fingerprint density at radius 2 is 0.297 bits per heavy atom.